The van der Waals surface area contributed by atoms with E-state index >= 15 is 0 Å². The second kappa shape index (κ2) is 6.30. The van der Waals surface area contributed by atoms with Gasteiger partial charge in [-0.05, 0) is 37.3 Å². The Morgan fingerprint density at radius 2 is 2.04 bits per heavy atom. The fourth-order valence-electron chi connectivity index (χ4n) is 2.44. The number of ether oxygens (including phenoxy) is 1. The summed E-state index contributed by atoms with van der Waals surface area (Å²) in [5, 5.41) is 3.28. The van der Waals surface area contributed by atoms with Gasteiger partial charge in [0.2, 0.25) is 5.91 Å². The molecule has 2 aromatic carbocycles. The number of halogens is 1. The van der Waals surface area contributed by atoms with E-state index in [1.54, 1.807) is 49.4 Å². The maximum Gasteiger partial charge on any atom is 0.268 e. The normalized spacial score (nSPS) is 14.7. The van der Waals surface area contributed by atoms with Crippen molar-refractivity contribution >= 4 is 34.8 Å². The number of rotatable bonds is 3. The number of carbonyl (C=O) groups is 2. The highest BCUT2D eigenvalue weighted by atomic mass is 35.5. The molecule has 0 saturated heterocycles. The van der Waals surface area contributed by atoms with E-state index in [2.05, 4.69) is 5.32 Å². The zero-order valence-electron chi connectivity index (χ0n) is 12.5. The lowest BCUT2D eigenvalue weighted by atomic mass is 10.1. The van der Waals surface area contributed by atoms with Crippen molar-refractivity contribution in [2.45, 2.75) is 13.0 Å². The van der Waals surface area contributed by atoms with Crippen molar-refractivity contribution in [3.63, 3.8) is 0 Å². The molecule has 0 aromatic heterocycles. The molecule has 118 valence electrons. The standard InChI is InChI=1S/C17H15ClN2O3/c1-11(23-13-6-4-5-12(18)9-13)17(22)20-10-16(21)19-14-7-2-3-8-15(14)20/h2-9,11H,10H2,1H3,(H,19,21)/t11-/m1/s1. The lowest BCUT2D eigenvalue weighted by molar-refractivity contribution is -0.126. The molecule has 0 radical (unpaired) electrons. The van der Waals surface area contributed by atoms with Gasteiger partial charge < -0.3 is 10.1 Å². The molecule has 2 aromatic rings. The van der Waals surface area contributed by atoms with Crippen LogP contribution in [0.3, 0.4) is 0 Å². The predicted octanol–water partition coefficient (Wildman–Crippen LogP) is 3.09. The number of hydrogen-bond donors (Lipinski definition) is 1. The molecule has 1 aliphatic heterocycles. The molecule has 0 fully saturated rings. The van der Waals surface area contributed by atoms with Gasteiger partial charge in [0.05, 0.1) is 11.4 Å². The van der Waals surface area contributed by atoms with Crippen LogP contribution in [0, 0.1) is 0 Å². The van der Waals surface area contributed by atoms with Gasteiger partial charge in [-0.15, -0.1) is 0 Å². The molecule has 0 saturated carbocycles. The van der Waals surface area contributed by atoms with Crippen molar-refractivity contribution in [3.8, 4) is 5.75 Å². The molecule has 3 rings (SSSR count). The highest BCUT2D eigenvalue weighted by Gasteiger charge is 2.30. The SMILES string of the molecule is C[C@@H](Oc1cccc(Cl)c1)C(=O)N1CC(=O)Nc2ccccc21. The van der Waals surface area contributed by atoms with Crippen LogP contribution in [0.15, 0.2) is 48.5 Å². The van der Waals surface area contributed by atoms with Crippen LogP contribution < -0.4 is 15.0 Å². The van der Waals surface area contributed by atoms with Gasteiger partial charge in [-0.2, -0.15) is 0 Å². The first-order valence-corrected chi connectivity index (χ1v) is 7.55. The average molecular weight is 331 g/mol. The minimum atomic E-state index is -0.743. The Balaban J connectivity index is 1.81. The number of fused-ring (bicyclic) bond motifs is 1. The zero-order valence-corrected chi connectivity index (χ0v) is 13.2. The molecule has 1 aliphatic rings. The zero-order chi connectivity index (χ0) is 16.4. The third kappa shape index (κ3) is 3.29. The quantitative estimate of drug-likeness (QED) is 0.940. The Morgan fingerprint density at radius 3 is 2.83 bits per heavy atom. The summed E-state index contributed by atoms with van der Waals surface area (Å²) in [6.45, 7) is 1.62. The fraction of sp³-hybridized carbons (Fsp3) is 0.176. The van der Waals surface area contributed by atoms with Crippen LogP contribution in [-0.2, 0) is 9.59 Å². The van der Waals surface area contributed by atoms with Crippen molar-refractivity contribution in [2.24, 2.45) is 0 Å². The van der Waals surface area contributed by atoms with Crippen LogP contribution in [0.1, 0.15) is 6.92 Å². The molecule has 0 unspecified atom stereocenters. The van der Waals surface area contributed by atoms with Crippen LogP contribution >= 0.6 is 11.6 Å². The maximum atomic E-state index is 12.7. The summed E-state index contributed by atoms with van der Waals surface area (Å²) >= 11 is 5.91. The van der Waals surface area contributed by atoms with Crippen molar-refractivity contribution < 1.29 is 14.3 Å². The van der Waals surface area contributed by atoms with E-state index in [4.69, 9.17) is 16.3 Å². The summed E-state index contributed by atoms with van der Waals surface area (Å²) in [5.74, 6) is -0.00706. The fourth-order valence-corrected chi connectivity index (χ4v) is 2.62. The second-order valence-corrected chi connectivity index (χ2v) is 5.64. The first-order valence-electron chi connectivity index (χ1n) is 7.17. The Hall–Kier alpha value is -2.53. The van der Waals surface area contributed by atoms with E-state index in [1.807, 2.05) is 6.07 Å². The van der Waals surface area contributed by atoms with E-state index < -0.39 is 6.10 Å². The molecular formula is C17H15ClN2O3. The third-order valence-electron chi connectivity index (χ3n) is 3.49. The Kier molecular flexibility index (Phi) is 4.21. The molecule has 1 N–H and O–H groups in total. The van der Waals surface area contributed by atoms with Gasteiger partial charge in [0.25, 0.3) is 5.91 Å². The van der Waals surface area contributed by atoms with Crippen molar-refractivity contribution in [1.29, 1.82) is 0 Å². The summed E-state index contributed by atoms with van der Waals surface area (Å²) in [6, 6.07) is 14.0. The highest BCUT2D eigenvalue weighted by molar-refractivity contribution is 6.30. The Morgan fingerprint density at radius 1 is 1.26 bits per heavy atom. The van der Waals surface area contributed by atoms with Crippen LogP contribution in [0.4, 0.5) is 11.4 Å². The smallest absolute Gasteiger partial charge is 0.268 e. The minimum Gasteiger partial charge on any atom is -0.481 e. The number of benzene rings is 2. The number of nitrogens with zero attached hydrogens (tertiary/aromatic N) is 1. The van der Waals surface area contributed by atoms with Gasteiger partial charge in [0.1, 0.15) is 12.3 Å². The summed E-state index contributed by atoms with van der Waals surface area (Å²) in [6.07, 6.45) is -0.743. The number of anilines is 2. The lowest BCUT2D eigenvalue weighted by Gasteiger charge is -2.31. The van der Waals surface area contributed by atoms with Gasteiger partial charge in [0.15, 0.2) is 6.10 Å². The van der Waals surface area contributed by atoms with E-state index in [-0.39, 0.29) is 18.4 Å². The molecule has 5 nitrogen and oxygen atoms in total. The molecule has 0 bridgehead atoms. The average Bonchev–Trinajstić information content (AvgIpc) is 2.53. The number of nitrogens with one attached hydrogen (secondary N) is 1. The molecule has 1 heterocycles. The number of para-hydroxylation sites is 2. The van der Waals surface area contributed by atoms with E-state index in [9.17, 15) is 9.59 Å². The summed E-state index contributed by atoms with van der Waals surface area (Å²) in [5.41, 5.74) is 1.28. The minimum absolute atomic E-state index is 0.0287. The first-order chi connectivity index (χ1) is 11.0. The van der Waals surface area contributed by atoms with Crippen LogP contribution in [0.5, 0.6) is 5.75 Å². The van der Waals surface area contributed by atoms with Gasteiger partial charge >= 0.3 is 0 Å². The Bertz CT molecular complexity index is 763. The third-order valence-corrected chi connectivity index (χ3v) is 3.73. The molecule has 2 amide bonds. The van der Waals surface area contributed by atoms with Gasteiger partial charge in [-0.3, -0.25) is 14.5 Å². The van der Waals surface area contributed by atoms with Gasteiger partial charge in [-0.25, -0.2) is 0 Å². The highest BCUT2D eigenvalue weighted by Crippen LogP contribution is 2.29. The summed E-state index contributed by atoms with van der Waals surface area (Å²) < 4.78 is 5.65. The first kappa shape index (κ1) is 15.4. The van der Waals surface area contributed by atoms with Crippen molar-refractivity contribution in [2.75, 3.05) is 16.8 Å². The molecular weight excluding hydrogens is 316 g/mol. The topological polar surface area (TPSA) is 58.6 Å². The monoisotopic (exact) mass is 330 g/mol. The molecule has 0 spiro atoms. The maximum absolute atomic E-state index is 12.7. The van der Waals surface area contributed by atoms with Crippen molar-refractivity contribution in [3.05, 3.63) is 53.6 Å². The molecule has 1 atom stereocenters. The number of hydrogen-bond acceptors (Lipinski definition) is 3. The molecule has 0 aliphatic carbocycles. The summed E-state index contributed by atoms with van der Waals surface area (Å²) in [4.78, 5) is 25.9. The van der Waals surface area contributed by atoms with E-state index in [1.165, 1.54) is 4.90 Å². The van der Waals surface area contributed by atoms with Crippen LogP contribution in [-0.4, -0.2) is 24.5 Å². The van der Waals surface area contributed by atoms with Crippen LogP contribution in [0.2, 0.25) is 5.02 Å². The molecule has 6 heteroatoms. The number of carbonyl (C=O) groups excluding carboxylic acids is 2. The Labute approximate surface area is 138 Å². The number of amides is 2. The summed E-state index contributed by atoms with van der Waals surface area (Å²) in [7, 11) is 0. The van der Waals surface area contributed by atoms with Crippen LogP contribution in [0.25, 0.3) is 0 Å². The second-order valence-electron chi connectivity index (χ2n) is 5.21. The van der Waals surface area contributed by atoms with E-state index in [0.717, 1.165) is 0 Å². The van der Waals surface area contributed by atoms with E-state index in [0.29, 0.717) is 22.1 Å². The predicted molar refractivity (Wildman–Crippen MR) is 89.0 cm³/mol. The van der Waals surface area contributed by atoms with Gasteiger partial charge in [-0.1, -0.05) is 29.8 Å². The van der Waals surface area contributed by atoms with Gasteiger partial charge in [0, 0.05) is 5.02 Å². The molecule has 23 heavy (non-hydrogen) atoms. The largest absolute Gasteiger partial charge is 0.481 e. The van der Waals surface area contributed by atoms with Crippen molar-refractivity contribution in [1.82, 2.24) is 0 Å². The lowest BCUT2D eigenvalue weighted by Crippen LogP contribution is -2.47.